The molecule has 2 aromatic carbocycles. The van der Waals surface area contributed by atoms with E-state index in [9.17, 15) is 13.2 Å². The molecule has 0 fully saturated rings. The van der Waals surface area contributed by atoms with E-state index in [4.69, 9.17) is 0 Å². The van der Waals surface area contributed by atoms with Crippen LogP contribution in [-0.4, -0.2) is 34.2 Å². The third-order valence-electron chi connectivity index (χ3n) is 4.33. The lowest BCUT2D eigenvalue weighted by molar-refractivity contribution is -0.118. The molecular formula is C20H26N2O3S. The molecule has 0 unspecified atom stereocenters. The molecule has 0 spiro atoms. The Labute approximate surface area is 156 Å². The number of aryl methyl sites for hydroxylation is 3. The van der Waals surface area contributed by atoms with Crippen LogP contribution in [0.25, 0.3) is 0 Å². The van der Waals surface area contributed by atoms with Crippen LogP contribution in [0.5, 0.6) is 0 Å². The molecule has 0 saturated heterocycles. The van der Waals surface area contributed by atoms with E-state index < -0.39 is 10.0 Å². The molecule has 0 atom stereocenters. The number of hydrogen-bond acceptors (Lipinski definition) is 3. The van der Waals surface area contributed by atoms with Crippen LogP contribution in [0, 0.1) is 20.8 Å². The molecule has 0 N–H and O–H groups in total. The maximum Gasteiger partial charge on any atom is 0.232 e. The molecule has 0 aliphatic carbocycles. The minimum absolute atomic E-state index is 0.102. The fourth-order valence-electron chi connectivity index (χ4n) is 3.17. The van der Waals surface area contributed by atoms with Crippen LogP contribution >= 0.6 is 0 Å². The van der Waals surface area contributed by atoms with Crippen molar-refractivity contribution in [2.24, 2.45) is 0 Å². The predicted octanol–water partition coefficient (Wildman–Crippen LogP) is 3.43. The Morgan fingerprint density at radius 3 is 2.04 bits per heavy atom. The highest BCUT2D eigenvalue weighted by Crippen LogP contribution is 2.28. The van der Waals surface area contributed by atoms with Gasteiger partial charge in [0.2, 0.25) is 15.9 Å². The Bertz CT molecular complexity index is 870. The van der Waals surface area contributed by atoms with Gasteiger partial charge >= 0.3 is 0 Å². The molecule has 0 saturated carbocycles. The zero-order valence-corrected chi connectivity index (χ0v) is 16.8. The molecule has 0 bridgehead atoms. The summed E-state index contributed by atoms with van der Waals surface area (Å²) in [6.45, 7) is 5.88. The topological polar surface area (TPSA) is 57.7 Å². The van der Waals surface area contributed by atoms with Gasteiger partial charge in [0.1, 0.15) is 0 Å². The van der Waals surface area contributed by atoms with Gasteiger partial charge in [0.25, 0.3) is 0 Å². The second-order valence-corrected chi connectivity index (χ2v) is 8.53. The summed E-state index contributed by atoms with van der Waals surface area (Å²) >= 11 is 0. The van der Waals surface area contributed by atoms with Crippen molar-refractivity contribution in [1.82, 2.24) is 0 Å². The quantitative estimate of drug-likeness (QED) is 0.778. The van der Waals surface area contributed by atoms with Crippen molar-refractivity contribution in [3.05, 3.63) is 59.2 Å². The minimum atomic E-state index is -3.50. The first-order valence-electron chi connectivity index (χ1n) is 8.48. The van der Waals surface area contributed by atoms with Crippen LogP contribution < -0.4 is 9.21 Å². The van der Waals surface area contributed by atoms with Gasteiger partial charge in [-0.15, -0.1) is 0 Å². The monoisotopic (exact) mass is 374 g/mol. The Morgan fingerprint density at radius 1 is 1.00 bits per heavy atom. The van der Waals surface area contributed by atoms with Crippen molar-refractivity contribution < 1.29 is 13.2 Å². The van der Waals surface area contributed by atoms with Crippen molar-refractivity contribution in [3.8, 4) is 0 Å². The number of hydrogen-bond donors (Lipinski definition) is 0. The van der Waals surface area contributed by atoms with E-state index in [-0.39, 0.29) is 18.9 Å². The smallest absolute Gasteiger partial charge is 0.232 e. The van der Waals surface area contributed by atoms with Crippen LogP contribution in [0.1, 0.15) is 23.1 Å². The molecule has 0 radical (unpaired) electrons. The lowest BCUT2D eigenvalue weighted by Crippen LogP contribution is -2.36. The number of para-hydroxylation sites is 1. The molecule has 2 aromatic rings. The summed E-state index contributed by atoms with van der Waals surface area (Å²) < 4.78 is 26.1. The van der Waals surface area contributed by atoms with Gasteiger partial charge in [-0.25, -0.2) is 8.42 Å². The van der Waals surface area contributed by atoms with Crippen molar-refractivity contribution in [2.45, 2.75) is 27.2 Å². The maximum absolute atomic E-state index is 12.5. The highest BCUT2D eigenvalue weighted by atomic mass is 32.2. The zero-order chi connectivity index (χ0) is 19.5. The van der Waals surface area contributed by atoms with Gasteiger partial charge in [-0.1, -0.05) is 35.9 Å². The molecule has 140 valence electrons. The summed E-state index contributed by atoms with van der Waals surface area (Å²) in [7, 11) is -1.80. The Balaban J connectivity index is 2.24. The van der Waals surface area contributed by atoms with Crippen molar-refractivity contribution >= 4 is 27.3 Å². The van der Waals surface area contributed by atoms with E-state index >= 15 is 0 Å². The van der Waals surface area contributed by atoms with Gasteiger partial charge in [-0.2, -0.15) is 0 Å². The molecule has 1 amide bonds. The second-order valence-electron chi connectivity index (χ2n) is 6.62. The number of anilines is 2. The average Bonchev–Trinajstić information content (AvgIpc) is 2.55. The number of nitrogens with zero attached hydrogens (tertiary/aromatic N) is 2. The molecule has 0 aliphatic rings. The van der Waals surface area contributed by atoms with Gasteiger partial charge < -0.3 is 4.90 Å². The number of amides is 1. The fraction of sp³-hybridized carbons (Fsp3) is 0.350. The second kappa shape index (κ2) is 7.91. The molecule has 0 heterocycles. The molecule has 2 rings (SSSR count). The van der Waals surface area contributed by atoms with Gasteiger partial charge in [0.15, 0.2) is 0 Å². The van der Waals surface area contributed by atoms with Gasteiger partial charge in [0, 0.05) is 25.7 Å². The number of sulfonamides is 1. The summed E-state index contributed by atoms with van der Waals surface area (Å²) in [4.78, 5) is 14.1. The number of benzene rings is 2. The maximum atomic E-state index is 12.5. The first kappa shape index (κ1) is 20.0. The van der Waals surface area contributed by atoms with Crippen molar-refractivity contribution in [2.75, 3.05) is 29.1 Å². The summed E-state index contributed by atoms with van der Waals surface area (Å²) in [5.41, 5.74) is 4.30. The van der Waals surface area contributed by atoms with Crippen LogP contribution in [-0.2, 0) is 14.8 Å². The van der Waals surface area contributed by atoms with E-state index in [1.165, 1.54) is 10.6 Å². The molecule has 26 heavy (non-hydrogen) atoms. The third kappa shape index (κ3) is 4.64. The van der Waals surface area contributed by atoms with Gasteiger partial charge in [-0.05, 0) is 44.0 Å². The number of rotatable bonds is 6. The number of carbonyl (C=O) groups excluding carboxylic acids is 1. The van der Waals surface area contributed by atoms with Crippen LogP contribution in [0.3, 0.4) is 0 Å². The first-order valence-corrected chi connectivity index (χ1v) is 10.3. The van der Waals surface area contributed by atoms with Crippen molar-refractivity contribution in [3.63, 3.8) is 0 Å². The molecular weight excluding hydrogens is 348 g/mol. The van der Waals surface area contributed by atoms with E-state index in [2.05, 4.69) is 0 Å². The SMILES string of the molecule is Cc1cc(C)c(N(CCC(=O)N(C)c2ccccc2)S(C)(=O)=O)c(C)c1. The lowest BCUT2D eigenvalue weighted by Gasteiger charge is -2.27. The highest BCUT2D eigenvalue weighted by molar-refractivity contribution is 7.92. The Kier molecular flexibility index (Phi) is 6.08. The van der Waals surface area contributed by atoms with E-state index in [1.807, 2.05) is 63.2 Å². The Hall–Kier alpha value is -2.34. The standard InChI is InChI=1S/C20H26N2O3S/c1-15-13-16(2)20(17(3)14-15)22(26(5,24)25)12-11-19(23)21(4)18-9-7-6-8-10-18/h6-10,13-14H,11-12H2,1-5H3. The van der Waals surface area contributed by atoms with E-state index in [1.54, 1.807) is 11.9 Å². The number of carbonyl (C=O) groups is 1. The Morgan fingerprint density at radius 2 is 1.54 bits per heavy atom. The summed E-state index contributed by atoms with van der Waals surface area (Å²) in [5.74, 6) is -0.132. The molecule has 0 aliphatic heterocycles. The summed E-state index contributed by atoms with van der Waals surface area (Å²) in [6.07, 6.45) is 1.28. The van der Waals surface area contributed by atoms with Crippen molar-refractivity contribution in [1.29, 1.82) is 0 Å². The van der Waals surface area contributed by atoms with E-state index in [0.717, 1.165) is 22.4 Å². The molecule has 0 aromatic heterocycles. The highest BCUT2D eigenvalue weighted by Gasteiger charge is 2.23. The minimum Gasteiger partial charge on any atom is -0.315 e. The molecule has 5 nitrogen and oxygen atoms in total. The largest absolute Gasteiger partial charge is 0.315 e. The van der Waals surface area contributed by atoms with Gasteiger partial charge in [0.05, 0.1) is 11.9 Å². The lowest BCUT2D eigenvalue weighted by atomic mass is 10.1. The predicted molar refractivity (Wildman–Crippen MR) is 107 cm³/mol. The summed E-state index contributed by atoms with van der Waals surface area (Å²) in [6, 6.07) is 13.2. The van der Waals surface area contributed by atoms with Gasteiger partial charge in [-0.3, -0.25) is 9.10 Å². The van der Waals surface area contributed by atoms with Crippen LogP contribution in [0.15, 0.2) is 42.5 Å². The first-order chi connectivity index (χ1) is 12.1. The van der Waals surface area contributed by atoms with Crippen LogP contribution in [0.4, 0.5) is 11.4 Å². The molecule has 6 heteroatoms. The summed E-state index contributed by atoms with van der Waals surface area (Å²) in [5, 5.41) is 0. The third-order valence-corrected chi connectivity index (χ3v) is 5.50. The zero-order valence-electron chi connectivity index (χ0n) is 16.0. The average molecular weight is 375 g/mol. The fourth-order valence-corrected chi connectivity index (χ4v) is 4.21. The normalized spacial score (nSPS) is 11.3. The van der Waals surface area contributed by atoms with Crippen LogP contribution in [0.2, 0.25) is 0 Å². The van der Waals surface area contributed by atoms with E-state index in [0.29, 0.717) is 5.69 Å².